The molecular formula is C10H22NO4PS2. The first-order valence-electron chi connectivity index (χ1n) is 6.09. The molecule has 0 fully saturated rings. The Bertz CT molecular complexity index is 273. The number of phosphoric acid groups is 1. The second-order valence-corrected chi connectivity index (χ2v) is 6.43. The minimum Gasteiger partial charge on any atom is -0.371 e. The number of hydrogen-bond acceptors (Lipinski definition) is 3. The molecule has 0 aromatic heterocycles. The predicted molar refractivity (Wildman–Crippen MR) is 79.9 cm³/mol. The zero-order valence-corrected chi connectivity index (χ0v) is 13.0. The number of phosphoric ester groups is 1. The fourth-order valence-corrected chi connectivity index (χ4v) is 2.07. The van der Waals surface area contributed by atoms with Crippen LogP contribution >= 0.6 is 32.7 Å². The van der Waals surface area contributed by atoms with E-state index in [9.17, 15) is 4.57 Å². The van der Waals surface area contributed by atoms with Gasteiger partial charge in [0.15, 0.2) is 0 Å². The lowest BCUT2D eigenvalue weighted by Gasteiger charge is -2.05. The summed E-state index contributed by atoms with van der Waals surface area (Å²) in [5.41, 5.74) is 0. The van der Waals surface area contributed by atoms with E-state index in [2.05, 4.69) is 22.5 Å². The van der Waals surface area contributed by atoms with Crippen LogP contribution in [0, 0.1) is 0 Å². The predicted octanol–water partition coefficient (Wildman–Crippen LogP) is 2.63. The van der Waals surface area contributed by atoms with Crippen LogP contribution in [0.5, 0.6) is 0 Å². The van der Waals surface area contributed by atoms with Gasteiger partial charge in [-0.1, -0.05) is 44.3 Å². The smallest absolute Gasteiger partial charge is 0.371 e. The van der Waals surface area contributed by atoms with Gasteiger partial charge in [-0.25, -0.2) is 4.57 Å². The maximum absolute atomic E-state index is 10.4. The van der Waals surface area contributed by atoms with Crippen LogP contribution in [0.25, 0.3) is 0 Å². The van der Waals surface area contributed by atoms with Crippen molar-refractivity contribution in [3.63, 3.8) is 0 Å². The van der Waals surface area contributed by atoms with Crippen molar-refractivity contribution in [2.75, 3.05) is 13.2 Å². The lowest BCUT2D eigenvalue weighted by molar-refractivity contribution is 0.193. The highest BCUT2D eigenvalue weighted by Crippen LogP contribution is 2.35. The van der Waals surface area contributed by atoms with Crippen LogP contribution in [-0.4, -0.2) is 27.3 Å². The third-order valence-corrected chi connectivity index (χ3v) is 3.18. The van der Waals surface area contributed by atoms with Crippen molar-refractivity contribution in [1.82, 2.24) is 5.32 Å². The fraction of sp³-hybridized carbons (Fsp3) is 0.900. The number of rotatable bonds is 11. The van der Waals surface area contributed by atoms with Crippen LogP contribution in [0.15, 0.2) is 0 Å². The summed E-state index contributed by atoms with van der Waals surface area (Å²) in [6.07, 6.45) is 7.26. The first kappa shape index (κ1) is 18.4. The maximum atomic E-state index is 10.4. The van der Waals surface area contributed by atoms with Crippen LogP contribution in [0.1, 0.15) is 44.9 Å². The van der Waals surface area contributed by atoms with Gasteiger partial charge in [0.05, 0.1) is 6.61 Å². The zero-order valence-electron chi connectivity index (χ0n) is 10.4. The summed E-state index contributed by atoms with van der Waals surface area (Å²) >= 11 is 8.73. The zero-order chi connectivity index (χ0) is 13.9. The van der Waals surface area contributed by atoms with Gasteiger partial charge in [0.25, 0.3) is 0 Å². The summed E-state index contributed by atoms with van der Waals surface area (Å²) in [6.45, 7) is 1.01. The molecule has 0 unspecified atom stereocenters. The standard InChI is InChI=1S/C10H22NO4PS2/c12-16(13,14)15-9-7-5-3-1-2-4-6-8-11-10(17)18/h1-9H2,(H2,11,17,18)(H2,12,13,14). The summed E-state index contributed by atoms with van der Waals surface area (Å²) in [6, 6.07) is 0. The lowest BCUT2D eigenvalue weighted by Crippen LogP contribution is -2.17. The molecule has 0 radical (unpaired) electrons. The van der Waals surface area contributed by atoms with Crippen LogP contribution in [0.3, 0.4) is 0 Å². The lowest BCUT2D eigenvalue weighted by atomic mass is 10.1. The van der Waals surface area contributed by atoms with Crippen molar-refractivity contribution in [3.8, 4) is 0 Å². The molecule has 0 saturated carbocycles. The van der Waals surface area contributed by atoms with Gasteiger partial charge in [0.1, 0.15) is 4.32 Å². The second kappa shape index (κ2) is 11.2. The van der Waals surface area contributed by atoms with E-state index >= 15 is 0 Å². The van der Waals surface area contributed by atoms with E-state index in [1.807, 2.05) is 0 Å². The SMILES string of the molecule is O=P(O)(O)OCCCCCCCCCNC(=S)S. The Morgan fingerprint density at radius 3 is 2.11 bits per heavy atom. The van der Waals surface area contributed by atoms with Crippen molar-refractivity contribution in [3.05, 3.63) is 0 Å². The molecular weight excluding hydrogens is 293 g/mol. The van der Waals surface area contributed by atoms with Gasteiger partial charge in [0.2, 0.25) is 0 Å². The Morgan fingerprint density at radius 2 is 1.61 bits per heavy atom. The minimum absolute atomic E-state index is 0.133. The maximum Gasteiger partial charge on any atom is 0.469 e. The van der Waals surface area contributed by atoms with Crippen molar-refractivity contribution >= 4 is 37.0 Å². The van der Waals surface area contributed by atoms with E-state index < -0.39 is 7.82 Å². The molecule has 5 nitrogen and oxygen atoms in total. The third-order valence-electron chi connectivity index (χ3n) is 2.36. The number of hydrogen-bond donors (Lipinski definition) is 4. The highest BCUT2D eigenvalue weighted by atomic mass is 32.1. The monoisotopic (exact) mass is 315 g/mol. The van der Waals surface area contributed by atoms with Crippen molar-refractivity contribution in [1.29, 1.82) is 0 Å². The normalized spacial score (nSPS) is 11.5. The van der Waals surface area contributed by atoms with Gasteiger partial charge in [-0.3, -0.25) is 4.52 Å². The molecule has 0 aliphatic heterocycles. The summed E-state index contributed by atoms with van der Waals surface area (Å²) in [5, 5.41) is 2.98. The largest absolute Gasteiger partial charge is 0.469 e. The van der Waals surface area contributed by atoms with Gasteiger partial charge in [-0.15, -0.1) is 12.6 Å². The van der Waals surface area contributed by atoms with Gasteiger partial charge in [-0.05, 0) is 12.8 Å². The highest BCUT2D eigenvalue weighted by molar-refractivity contribution is 8.11. The van der Waals surface area contributed by atoms with Gasteiger partial charge < -0.3 is 15.1 Å². The molecule has 18 heavy (non-hydrogen) atoms. The van der Waals surface area contributed by atoms with Crippen LogP contribution in [0.2, 0.25) is 0 Å². The van der Waals surface area contributed by atoms with E-state index in [1.165, 1.54) is 6.42 Å². The van der Waals surface area contributed by atoms with Gasteiger partial charge in [0, 0.05) is 6.54 Å². The Kier molecular flexibility index (Phi) is 11.4. The molecule has 108 valence electrons. The van der Waals surface area contributed by atoms with Gasteiger partial charge >= 0.3 is 7.82 Å². The van der Waals surface area contributed by atoms with E-state index in [4.69, 9.17) is 22.0 Å². The Morgan fingerprint density at radius 1 is 1.11 bits per heavy atom. The van der Waals surface area contributed by atoms with Crippen LogP contribution < -0.4 is 5.32 Å². The summed E-state index contributed by atoms with van der Waals surface area (Å²) < 4.78 is 15.3. The van der Waals surface area contributed by atoms with E-state index in [1.54, 1.807) is 0 Å². The second-order valence-electron chi connectivity index (χ2n) is 4.03. The molecule has 0 heterocycles. The summed E-state index contributed by atoms with van der Waals surface area (Å²) in [4.78, 5) is 16.9. The van der Waals surface area contributed by atoms with Crippen LogP contribution in [-0.2, 0) is 9.09 Å². The molecule has 0 aliphatic rings. The first-order valence-corrected chi connectivity index (χ1v) is 8.47. The Balaban J connectivity index is 3.08. The minimum atomic E-state index is -4.27. The summed E-state index contributed by atoms with van der Waals surface area (Å²) in [7, 11) is -4.27. The molecule has 0 amide bonds. The van der Waals surface area contributed by atoms with Crippen molar-refractivity contribution < 1.29 is 18.9 Å². The average Bonchev–Trinajstić information content (AvgIpc) is 2.24. The van der Waals surface area contributed by atoms with Gasteiger partial charge in [-0.2, -0.15) is 0 Å². The Labute approximate surface area is 119 Å². The van der Waals surface area contributed by atoms with E-state index in [-0.39, 0.29) is 6.61 Å². The Hall–Kier alpha value is 0.350. The molecule has 0 aromatic rings. The number of thiocarbonyl (C=S) groups is 1. The number of unbranched alkanes of at least 4 members (excludes halogenated alkanes) is 6. The number of thiol groups is 1. The number of nitrogens with one attached hydrogen (secondary N) is 1. The average molecular weight is 315 g/mol. The third kappa shape index (κ3) is 16.4. The van der Waals surface area contributed by atoms with Crippen molar-refractivity contribution in [2.45, 2.75) is 44.9 Å². The van der Waals surface area contributed by atoms with E-state index in [0.717, 1.165) is 38.6 Å². The molecule has 8 heteroatoms. The topological polar surface area (TPSA) is 78.8 Å². The fourth-order valence-electron chi connectivity index (χ4n) is 1.49. The molecule has 0 saturated heterocycles. The highest BCUT2D eigenvalue weighted by Gasteiger charge is 2.12. The molecule has 0 atom stereocenters. The van der Waals surface area contributed by atoms with Crippen molar-refractivity contribution in [2.24, 2.45) is 0 Å². The molecule has 0 rings (SSSR count). The molecule has 0 aromatic carbocycles. The summed E-state index contributed by atoms with van der Waals surface area (Å²) in [5.74, 6) is 0. The molecule has 0 spiro atoms. The quantitative estimate of drug-likeness (QED) is 0.203. The van der Waals surface area contributed by atoms with Crippen LogP contribution in [0.4, 0.5) is 0 Å². The molecule has 0 aliphatic carbocycles. The molecule has 0 bridgehead atoms. The van der Waals surface area contributed by atoms with E-state index in [0.29, 0.717) is 10.7 Å². The molecule has 3 N–H and O–H groups in total. The first-order chi connectivity index (χ1) is 8.42.